The minimum absolute atomic E-state index is 0.0933. The van der Waals surface area contributed by atoms with Crippen molar-refractivity contribution in [2.75, 3.05) is 7.11 Å². The fraction of sp³-hybridized carbons (Fsp3) is 0.316. The van der Waals surface area contributed by atoms with E-state index in [0.29, 0.717) is 17.9 Å². The van der Waals surface area contributed by atoms with Crippen molar-refractivity contribution < 1.29 is 45.7 Å². The molecule has 0 saturated heterocycles. The number of hydrogen-bond donors (Lipinski definition) is 1. The third kappa shape index (κ3) is 4.16. The van der Waals surface area contributed by atoms with Gasteiger partial charge in [0, 0.05) is 5.56 Å². The van der Waals surface area contributed by atoms with E-state index in [1.54, 1.807) is 0 Å². The van der Waals surface area contributed by atoms with E-state index in [1.807, 2.05) is 0 Å². The zero-order valence-corrected chi connectivity index (χ0v) is 15.4. The van der Waals surface area contributed by atoms with E-state index >= 15 is 0 Å². The molecule has 0 aliphatic carbocycles. The lowest BCUT2D eigenvalue weighted by molar-refractivity contribution is -0.376. The molecule has 0 atom stereocenters. The first kappa shape index (κ1) is 22.5. The Morgan fingerprint density at radius 1 is 0.897 bits per heavy atom. The summed E-state index contributed by atoms with van der Waals surface area (Å²) in [6.45, 7) is 2.33. The molecule has 10 heteroatoms. The Hall–Kier alpha value is -2.75. The van der Waals surface area contributed by atoms with Crippen molar-refractivity contribution in [2.24, 2.45) is 0 Å². The Bertz CT molecular complexity index is 863. The number of methoxy groups -OCH3 is 1. The van der Waals surface area contributed by atoms with Crippen LogP contribution in [0, 0.1) is 13.8 Å². The standard InChI is InChI=1S/C19H16F6O4/c1-10-8-13(17(27,18(20,21)22)19(23,24)25)9-11(2)15(10)29-16(26)12-4-6-14(28-3)7-5-12/h4-9,27H,1-3H3. The van der Waals surface area contributed by atoms with Crippen LogP contribution in [0.5, 0.6) is 11.5 Å². The summed E-state index contributed by atoms with van der Waals surface area (Å²) < 4.78 is 88.6. The molecule has 4 nitrogen and oxygen atoms in total. The van der Waals surface area contributed by atoms with Gasteiger partial charge in [-0.1, -0.05) is 0 Å². The van der Waals surface area contributed by atoms with E-state index in [0.717, 1.165) is 0 Å². The number of carbonyl (C=O) groups excluding carboxylic acids is 1. The number of rotatable bonds is 4. The van der Waals surface area contributed by atoms with Gasteiger partial charge in [-0.05, 0) is 61.4 Å². The predicted octanol–water partition coefficient (Wildman–Crippen LogP) is 4.84. The van der Waals surface area contributed by atoms with Crippen LogP contribution in [-0.2, 0) is 5.60 Å². The van der Waals surface area contributed by atoms with E-state index in [-0.39, 0.29) is 22.4 Å². The Kier molecular flexibility index (Phi) is 5.89. The molecule has 0 aliphatic heterocycles. The Morgan fingerprint density at radius 2 is 1.34 bits per heavy atom. The first-order chi connectivity index (χ1) is 13.2. The molecule has 2 aromatic rings. The molecule has 158 valence electrons. The molecule has 0 aliphatic rings. The minimum atomic E-state index is -6.01. The SMILES string of the molecule is COc1ccc(C(=O)Oc2c(C)cc(C(O)(C(F)(F)F)C(F)(F)F)cc2C)cc1. The Labute approximate surface area is 161 Å². The molecule has 29 heavy (non-hydrogen) atoms. The lowest BCUT2D eigenvalue weighted by Gasteiger charge is -2.33. The Balaban J connectivity index is 2.44. The number of ether oxygens (including phenoxy) is 2. The molecule has 0 bridgehead atoms. The number of hydrogen-bond acceptors (Lipinski definition) is 4. The summed E-state index contributed by atoms with van der Waals surface area (Å²) in [6, 6.07) is 6.70. The molecule has 2 rings (SSSR count). The van der Waals surface area contributed by atoms with Crippen molar-refractivity contribution in [3.63, 3.8) is 0 Å². The number of halogens is 6. The van der Waals surface area contributed by atoms with Crippen molar-refractivity contribution in [3.8, 4) is 11.5 Å². The maximum absolute atomic E-state index is 13.1. The highest BCUT2D eigenvalue weighted by Crippen LogP contribution is 2.50. The normalized spacial score (nSPS) is 12.6. The molecular formula is C19H16F6O4. The van der Waals surface area contributed by atoms with Gasteiger partial charge in [-0.2, -0.15) is 26.3 Å². The summed E-state index contributed by atoms with van der Waals surface area (Å²) in [4.78, 5) is 12.2. The molecule has 0 heterocycles. The zero-order valence-electron chi connectivity index (χ0n) is 15.4. The van der Waals surface area contributed by atoms with Crippen LogP contribution in [-0.4, -0.2) is 30.5 Å². The molecule has 1 N–H and O–H groups in total. The summed E-state index contributed by atoms with van der Waals surface area (Å²) in [5.74, 6) is -0.605. The van der Waals surface area contributed by atoms with Gasteiger partial charge in [0.1, 0.15) is 11.5 Å². The van der Waals surface area contributed by atoms with Crippen LogP contribution in [0.4, 0.5) is 26.3 Å². The van der Waals surface area contributed by atoms with Gasteiger partial charge in [0.05, 0.1) is 12.7 Å². The number of esters is 1. The molecule has 0 fully saturated rings. The van der Waals surface area contributed by atoms with Gasteiger partial charge in [0.25, 0.3) is 5.60 Å². The average molecular weight is 422 g/mol. The van der Waals surface area contributed by atoms with Crippen LogP contribution in [0.15, 0.2) is 36.4 Å². The first-order valence-electron chi connectivity index (χ1n) is 8.06. The van der Waals surface area contributed by atoms with E-state index in [9.17, 15) is 36.2 Å². The smallest absolute Gasteiger partial charge is 0.430 e. The van der Waals surface area contributed by atoms with E-state index < -0.39 is 29.5 Å². The topological polar surface area (TPSA) is 55.8 Å². The zero-order chi connectivity index (χ0) is 22.2. The van der Waals surface area contributed by atoms with Gasteiger partial charge in [0.15, 0.2) is 0 Å². The Morgan fingerprint density at radius 3 is 1.72 bits per heavy atom. The van der Waals surface area contributed by atoms with Crippen LogP contribution in [0.3, 0.4) is 0 Å². The average Bonchev–Trinajstić information content (AvgIpc) is 2.61. The van der Waals surface area contributed by atoms with Gasteiger partial charge >= 0.3 is 18.3 Å². The minimum Gasteiger partial charge on any atom is -0.497 e. The van der Waals surface area contributed by atoms with Crippen molar-refractivity contribution >= 4 is 5.97 Å². The number of aryl methyl sites for hydroxylation is 2. The second kappa shape index (κ2) is 7.58. The maximum atomic E-state index is 13.1. The highest BCUT2D eigenvalue weighted by molar-refractivity contribution is 5.91. The summed E-state index contributed by atoms with van der Waals surface area (Å²) in [7, 11) is 1.42. The second-order valence-corrected chi connectivity index (χ2v) is 6.26. The van der Waals surface area contributed by atoms with Gasteiger partial charge in [-0.15, -0.1) is 0 Å². The number of alkyl halides is 6. The molecule has 0 aromatic heterocycles. The lowest BCUT2D eigenvalue weighted by atomic mass is 9.89. The largest absolute Gasteiger partial charge is 0.497 e. The fourth-order valence-corrected chi connectivity index (χ4v) is 2.69. The monoisotopic (exact) mass is 422 g/mol. The van der Waals surface area contributed by atoms with Crippen LogP contribution >= 0.6 is 0 Å². The third-order valence-electron chi connectivity index (χ3n) is 4.22. The quantitative estimate of drug-likeness (QED) is 0.435. The first-order valence-corrected chi connectivity index (χ1v) is 8.06. The molecular weight excluding hydrogens is 406 g/mol. The van der Waals surface area contributed by atoms with Crippen molar-refractivity contribution in [1.29, 1.82) is 0 Å². The molecule has 0 saturated carbocycles. The van der Waals surface area contributed by atoms with Gasteiger partial charge in [-0.25, -0.2) is 4.79 Å². The lowest BCUT2D eigenvalue weighted by Crippen LogP contribution is -2.54. The predicted molar refractivity (Wildman–Crippen MR) is 89.9 cm³/mol. The van der Waals surface area contributed by atoms with Crippen molar-refractivity contribution in [1.82, 2.24) is 0 Å². The number of benzene rings is 2. The van der Waals surface area contributed by atoms with Gasteiger partial charge < -0.3 is 14.6 Å². The second-order valence-electron chi connectivity index (χ2n) is 6.26. The summed E-state index contributed by atoms with van der Waals surface area (Å²) >= 11 is 0. The van der Waals surface area contributed by atoms with Crippen LogP contribution in [0.2, 0.25) is 0 Å². The summed E-state index contributed by atoms with van der Waals surface area (Å²) in [5, 5.41) is 9.54. The number of carbonyl (C=O) groups is 1. The van der Waals surface area contributed by atoms with Gasteiger partial charge in [-0.3, -0.25) is 0 Å². The molecule has 0 unspecified atom stereocenters. The van der Waals surface area contributed by atoms with E-state index in [4.69, 9.17) is 9.47 Å². The van der Waals surface area contributed by atoms with Crippen molar-refractivity contribution in [3.05, 3.63) is 58.7 Å². The summed E-state index contributed by atoms with van der Waals surface area (Å²) in [5.41, 5.74) is -6.76. The fourth-order valence-electron chi connectivity index (χ4n) is 2.69. The molecule has 0 amide bonds. The maximum Gasteiger partial charge on any atom is 0.430 e. The van der Waals surface area contributed by atoms with Crippen LogP contribution in [0.1, 0.15) is 27.0 Å². The van der Waals surface area contributed by atoms with Gasteiger partial charge in [0.2, 0.25) is 0 Å². The van der Waals surface area contributed by atoms with Crippen LogP contribution < -0.4 is 9.47 Å². The van der Waals surface area contributed by atoms with Crippen LogP contribution in [0.25, 0.3) is 0 Å². The summed E-state index contributed by atoms with van der Waals surface area (Å²) in [6.07, 6.45) is -12.0. The highest BCUT2D eigenvalue weighted by Gasteiger charge is 2.71. The van der Waals surface area contributed by atoms with Crippen molar-refractivity contribution in [2.45, 2.75) is 31.8 Å². The highest BCUT2D eigenvalue weighted by atomic mass is 19.4. The molecule has 0 radical (unpaired) electrons. The molecule has 2 aromatic carbocycles. The van der Waals surface area contributed by atoms with E-state index in [2.05, 4.69) is 0 Å². The van der Waals surface area contributed by atoms with E-state index in [1.165, 1.54) is 45.2 Å². The molecule has 0 spiro atoms. The number of aliphatic hydroxyl groups is 1. The third-order valence-corrected chi connectivity index (χ3v) is 4.22.